The van der Waals surface area contributed by atoms with E-state index in [2.05, 4.69) is 10.5 Å². The molecule has 0 saturated heterocycles. The summed E-state index contributed by atoms with van der Waals surface area (Å²) in [6, 6.07) is 1.55. The minimum atomic E-state index is -0.264. The van der Waals surface area contributed by atoms with Gasteiger partial charge >= 0.3 is 0 Å². The zero-order valence-corrected chi connectivity index (χ0v) is 10.2. The maximum Gasteiger partial charge on any atom is 0.273 e. The van der Waals surface area contributed by atoms with Crippen molar-refractivity contribution in [2.45, 2.75) is 32.4 Å². The maximum absolute atomic E-state index is 11.8. The van der Waals surface area contributed by atoms with Gasteiger partial charge in [-0.3, -0.25) is 4.79 Å². The van der Waals surface area contributed by atoms with Crippen molar-refractivity contribution in [1.29, 1.82) is 0 Å². The minimum Gasteiger partial charge on any atom is -0.377 e. The zero-order chi connectivity index (χ0) is 12.7. The van der Waals surface area contributed by atoms with Crippen molar-refractivity contribution in [3.05, 3.63) is 17.5 Å². The molecule has 1 aromatic heterocycles. The lowest BCUT2D eigenvalue weighted by Crippen LogP contribution is -2.40. The van der Waals surface area contributed by atoms with Crippen molar-refractivity contribution in [2.24, 2.45) is 5.73 Å². The number of rotatable bonds is 7. The molecule has 0 radical (unpaired) electrons. The van der Waals surface area contributed by atoms with Crippen LogP contribution in [0.2, 0.25) is 0 Å². The van der Waals surface area contributed by atoms with Crippen LogP contribution >= 0.6 is 0 Å². The molecule has 96 valence electrons. The highest BCUT2D eigenvalue weighted by molar-refractivity contribution is 5.92. The molecule has 1 rings (SSSR count). The van der Waals surface area contributed by atoms with Crippen molar-refractivity contribution in [1.82, 2.24) is 10.5 Å². The van der Waals surface area contributed by atoms with E-state index >= 15 is 0 Å². The van der Waals surface area contributed by atoms with Crippen LogP contribution in [0.15, 0.2) is 10.6 Å². The minimum absolute atomic E-state index is 0.0184. The summed E-state index contributed by atoms with van der Waals surface area (Å²) in [6.07, 6.45) is 1.82. The lowest BCUT2D eigenvalue weighted by molar-refractivity contribution is 0.0926. The number of ether oxygens (including phenoxy) is 1. The third-order valence-electron chi connectivity index (χ3n) is 2.34. The number of nitrogens with zero attached hydrogens (tertiary/aromatic N) is 1. The van der Waals surface area contributed by atoms with E-state index in [0.717, 1.165) is 12.8 Å². The molecule has 0 fully saturated rings. The average Bonchev–Trinajstić information content (AvgIpc) is 2.77. The van der Waals surface area contributed by atoms with E-state index in [-0.39, 0.29) is 17.6 Å². The van der Waals surface area contributed by atoms with E-state index in [0.29, 0.717) is 18.9 Å². The van der Waals surface area contributed by atoms with Crippen LogP contribution in [0.5, 0.6) is 0 Å². The molecule has 3 N–H and O–H groups in total. The first-order valence-corrected chi connectivity index (χ1v) is 5.66. The summed E-state index contributed by atoms with van der Waals surface area (Å²) in [5.41, 5.74) is 5.82. The molecule has 1 aromatic rings. The molecule has 6 nitrogen and oxygen atoms in total. The van der Waals surface area contributed by atoms with Gasteiger partial charge in [0.1, 0.15) is 6.61 Å². The number of aromatic nitrogens is 1. The van der Waals surface area contributed by atoms with E-state index in [1.807, 2.05) is 6.92 Å². The Morgan fingerprint density at radius 1 is 1.71 bits per heavy atom. The number of amides is 1. The molecule has 0 spiro atoms. The largest absolute Gasteiger partial charge is 0.377 e. The molecule has 17 heavy (non-hydrogen) atoms. The quantitative estimate of drug-likeness (QED) is 0.732. The van der Waals surface area contributed by atoms with Gasteiger partial charge in [0.2, 0.25) is 0 Å². The normalized spacial score (nSPS) is 12.4. The van der Waals surface area contributed by atoms with Crippen LogP contribution in [0.25, 0.3) is 0 Å². The smallest absolute Gasteiger partial charge is 0.273 e. The standard InChI is InChI=1S/C11H19N3O3/c1-3-4-8(6-12)13-11(15)10-5-9(7-16-2)17-14-10/h5,8H,3-4,6-7,12H2,1-2H3,(H,13,15). The van der Waals surface area contributed by atoms with Gasteiger partial charge < -0.3 is 20.3 Å². The third-order valence-corrected chi connectivity index (χ3v) is 2.34. The monoisotopic (exact) mass is 241 g/mol. The van der Waals surface area contributed by atoms with Gasteiger partial charge in [-0.1, -0.05) is 18.5 Å². The van der Waals surface area contributed by atoms with Gasteiger partial charge in [0.05, 0.1) is 0 Å². The van der Waals surface area contributed by atoms with Crippen LogP contribution in [0, 0.1) is 0 Å². The van der Waals surface area contributed by atoms with Crippen molar-refractivity contribution < 1.29 is 14.1 Å². The van der Waals surface area contributed by atoms with Crippen molar-refractivity contribution in [3.63, 3.8) is 0 Å². The number of methoxy groups -OCH3 is 1. The molecule has 0 saturated carbocycles. The first-order chi connectivity index (χ1) is 8.21. The Balaban J connectivity index is 2.55. The fourth-order valence-corrected chi connectivity index (χ4v) is 1.49. The van der Waals surface area contributed by atoms with Gasteiger partial charge in [-0.25, -0.2) is 0 Å². The molecule has 1 amide bonds. The van der Waals surface area contributed by atoms with Gasteiger partial charge in [-0.15, -0.1) is 0 Å². The summed E-state index contributed by atoms with van der Waals surface area (Å²) >= 11 is 0. The molecule has 0 aromatic carbocycles. The molecular formula is C11H19N3O3. The average molecular weight is 241 g/mol. The van der Waals surface area contributed by atoms with Crippen molar-refractivity contribution >= 4 is 5.91 Å². The number of hydrogen-bond acceptors (Lipinski definition) is 5. The van der Waals surface area contributed by atoms with E-state index in [9.17, 15) is 4.79 Å². The van der Waals surface area contributed by atoms with E-state index < -0.39 is 0 Å². The lowest BCUT2D eigenvalue weighted by atomic mass is 10.1. The first-order valence-electron chi connectivity index (χ1n) is 5.66. The predicted molar refractivity (Wildman–Crippen MR) is 62.4 cm³/mol. The molecular weight excluding hydrogens is 222 g/mol. The maximum atomic E-state index is 11.8. The first kappa shape index (κ1) is 13.7. The fraction of sp³-hybridized carbons (Fsp3) is 0.636. The Morgan fingerprint density at radius 3 is 3.06 bits per heavy atom. The molecule has 6 heteroatoms. The Hall–Kier alpha value is -1.40. The summed E-state index contributed by atoms with van der Waals surface area (Å²) in [7, 11) is 1.55. The summed E-state index contributed by atoms with van der Waals surface area (Å²) < 4.78 is 9.81. The van der Waals surface area contributed by atoms with E-state index in [4.69, 9.17) is 15.0 Å². The summed E-state index contributed by atoms with van der Waals surface area (Å²) in [5, 5.41) is 6.49. The number of carbonyl (C=O) groups excluding carboxylic acids is 1. The highest BCUT2D eigenvalue weighted by Crippen LogP contribution is 2.05. The Morgan fingerprint density at radius 2 is 2.47 bits per heavy atom. The summed E-state index contributed by atoms with van der Waals surface area (Å²) in [5.74, 6) is 0.262. The molecule has 0 aliphatic rings. The number of nitrogens with one attached hydrogen (secondary N) is 1. The number of nitrogens with two attached hydrogens (primary N) is 1. The van der Waals surface area contributed by atoms with Crippen molar-refractivity contribution in [2.75, 3.05) is 13.7 Å². The molecule has 0 aliphatic heterocycles. The second-order valence-corrected chi connectivity index (χ2v) is 3.81. The van der Waals surface area contributed by atoms with Crippen LogP contribution in [0.4, 0.5) is 0 Å². The molecule has 1 unspecified atom stereocenters. The van der Waals surface area contributed by atoms with Crippen molar-refractivity contribution in [3.8, 4) is 0 Å². The number of hydrogen-bond donors (Lipinski definition) is 2. The van der Waals surface area contributed by atoms with Gasteiger partial charge in [-0.2, -0.15) is 0 Å². The third kappa shape index (κ3) is 4.16. The molecule has 1 atom stereocenters. The predicted octanol–water partition coefficient (Wildman–Crippen LogP) is 0.678. The highest BCUT2D eigenvalue weighted by atomic mass is 16.5. The lowest BCUT2D eigenvalue weighted by Gasteiger charge is -2.14. The SMILES string of the molecule is CCCC(CN)NC(=O)c1cc(COC)on1. The zero-order valence-electron chi connectivity index (χ0n) is 10.2. The van der Waals surface area contributed by atoms with Gasteiger partial charge in [0, 0.05) is 25.8 Å². The summed E-state index contributed by atoms with van der Waals surface area (Å²) in [6.45, 7) is 2.76. The van der Waals surface area contributed by atoms with E-state index in [1.54, 1.807) is 13.2 Å². The van der Waals surface area contributed by atoms with Crippen LogP contribution < -0.4 is 11.1 Å². The van der Waals surface area contributed by atoms with Gasteiger partial charge in [0.25, 0.3) is 5.91 Å². The molecule has 0 bridgehead atoms. The van der Waals surface area contributed by atoms with Gasteiger partial charge in [0.15, 0.2) is 11.5 Å². The Kier molecular flexibility index (Phi) is 5.65. The van der Waals surface area contributed by atoms with Crippen LogP contribution in [0.3, 0.4) is 0 Å². The van der Waals surface area contributed by atoms with Gasteiger partial charge in [-0.05, 0) is 6.42 Å². The van der Waals surface area contributed by atoms with Crippen LogP contribution in [-0.4, -0.2) is 30.8 Å². The Bertz CT molecular complexity index is 351. The molecule has 0 aliphatic carbocycles. The number of carbonyl (C=O) groups is 1. The Labute approximate surface area is 100 Å². The second kappa shape index (κ2) is 7.03. The van der Waals surface area contributed by atoms with Crippen LogP contribution in [0.1, 0.15) is 36.0 Å². The molecule has 1 heterocycles. The topological polar surface area (TPSA) is 90.4 Å². The fourth-order valence-electron chi connectivity index (χ4n) is 1.49. The van der Waals surface area contributed by atoms with E-state index in [1.165, 1.54) is 0 Å². The van der Waals surface area contributed by atoms with Crippen LogP contribution in [-0.2, 0) is 11.3 Å². The second-order valence-electron chi connectivity index (χ2n) is 3.81. The highest BCUT2D eigenvalue weighted by Gasteiger charge is 2.15. The summed E-state index contributed by atoms with van der Waals surface area (Å²) in [4.78, 5) is 11.8.